The SMILES string of the molecule is Cc1ccc(C)c(N(CC(O)CN2CCCC2=O)C(C)C)c1. The van der Waals surface area contributed by atoms with Crippen LogP contribution in [0.4, 0.5) is 5.69 Å². The van der Waals surface area contributed by atoms with E-state index >= 15 is 0 Å². The molecule has 2 rings (SSSR count). The van der Waals surface area contributed by atoms with Crippen molar-refractivity contribution in [3.05, 3.63) is 29.3 Å². The second-order valence-corrected chi connectivity index (χ2v) is 6.63. The number of nitrogens with zero attached hydrogens (tertiary/aromatic N) is 2. The Balaban J connectivity index is 2.08. The van der Waals surface area contributed by atoms with Crippen molar-refractivity contribution in [2.75, 3.05) is 24.5 Å². The second-order valence-electron chi connectivity index (χ2n) is 6.63. The summed E-state index contributed by atoms with van der Waals surface area (Å²) < 4.78 is 0. The molecule has 1 aromatic carbocycles. The molecule has 22 heavy (non-hydrogen) atoms. The Bertz CT molecular complexity index is 528. The largest absolute Gasteiger partial charge is 0.389 e. The molecule has 1 atom stereocenters. The molecule has 0 aliphatic carbocycles. The number of aliphatic hydroxyl groups is 1. The maximum Gasteiger partial charge on any atom is 0.222 e. The van der Waals surface area contributed by atoms with E-state index in [0.29, 0.717) is 25.6 Å². The first-order valence-electron chi connectivity index (χ1n) is 8.18. The number of amides is 1. The number of β-amino-alcohol motifs (C(OH)–C–C–N with tert-alkyl or cyclic N) is 1. The fourth-order valence-corrected chi connectivity index (χ4v) is 3.05. The summed E-state index contributed by atoms with van der Waals surface area (Å²) in [6.07, 6.45) is 1.01. The molecule has 1 heterocycles. The first kappa shape index (κ1) is 16.8. The van der Waals surface area contributed by atoms with E-state index in [0.717, 1.165) is 13.0 Å². The zero-order valence-corrected chi connectivity index (χ0v) is 14.2. The summed E-state index contributed by atoms with van der Waals surface area (Å²) in [5.41, 5.74) is 3.60. The summed E-state index contributed by atoms with van der Waals surface area (Å²) in [6.45, 7) is 10.2. The lowest BCUT2D eigenvalue weighted by atomic mass is 10.1. The number of hydrogen-bond acceptors (Lipinski definition) is 3. The molecule has 0 saturated carbocycles. The maximum atomic E-state index is 11.7. The summed E-state index contributed by atoms with van der Waals surface area (Å²) in [7, 11) is 0. The molecular formula is C18H28N2O2. The first-order valence-corrected chi connectivity index (χ1v) is 8.18. The van der Waals surface area contributed by atoms with Crippen molar-refractivity contribution in [3.63, 3.8) is 0 Å². The molecule has 1 N–H and O–H groups in total. The van der Waals surface area contributed by atoms with Gasteiger partial charge in [0.1, 0.15) is 0 Å². The molecule has 1 fully saturated rings. The predicted molar refractivity (Wildman–Crippen MR) is 90.2 cm³/mol. The van der Waals surface area contributed by atoms with E-state index in [9.17, 15) is 9.90 Å². The first-order chi connectivity index (χ1) is 10.4. The van der Waals surface area contributed by atoms with Crippen molar-refractivity contribution in [2.24, 2.45) is 0 Å². The highest BCUT2D eigenvalue weighted by atomic mass is 16.3. The van der Waals surface area contributed by atoms with E-state index in [-0.39, 0.29) is 5.91 Å². The van der Waals surface area contributed by atoms with Gasteiger partial charge in [-0.05, 0) is 51.3 Å². The highest BCUT2D eigenvalue weighted by Gasteiger charge is 2.24. The number of aryl methyl sites for hydroxylation is 2. The van der Waals surface area contributed by atoms with Crippen molar-refractivity contribution >= 4 is 11.6 Å². The van der Waals surface area contributed by atoms with E-state index in [1.165, 1.54) is 16.8 Å². The Morgan fingerprint density at radius 3 is 2.64 bits per heavy atom. The standard InChI is InChI=1S/C18H28N2O2/c1-13(2)20(17-10-14(3)7-8-15(17)4)12-16(21)11-19-9-5-6-18(19)22/h7-8,10,13,16,21H,5-6,9,11-12H2,1-4H3. The average Bonchev–Trinajstić information content (AvgIpc) is 2.84. The van der Waals surface area contributed by atoms with Crippen LogP contribution in [0.1, 0.15) is 37.8 Å². The minimum absolute atomic E-state index is 0.168. The van der Waals surface area contributed by atoms with Gasteiger partial charge in [-0.15, -0.1) is 0 Å². The number of likely N-dealkylation sites (tertiary alicyclic amines) is 1. The molecule has 122 valence electrons. The van der Waals surface area contributed by atoms with Crippen LogP contribution in [0.2, 0.25) is 0 Å². The zero-order chi connectivity index (χ0) is 16.3. The number of aliphatic hydroxyl groups excluding tert-OH is 1. The van der Waals surface area contributed by atoms with Crippen LogP contribution < -0.4 is 4.90 Å². The number of hydrogen-bond donors (Lipinski definition) is 1. The zero-order valence-electron chi connectivity index (χ0n) is 14.2. The average molecular weight is 304 g/mol. The van der Waals surface area contributed by atoms with Gasteiger partial charge in [0.05, 0.1) is 6.10 Å². The summed E-state index contributed by atoms with van der Waals surface area (Å²) in [5.74, 6) is 0.168. The third kappa shape index (κ3) is 4.01. The third-order valence-corrected chi connectivity index (χ3v) is 4.31. The van der Waals surface area contributed by atoms with Gasteiger partial charge in [0.25, 0.3) is 0 Å². The van der Waals surface area contributed by atoms with Crippen molar-refractivity contribution in [2.45, 2.75) is 52.7 Å². The van der Waals surface area contributed by atoms with Gasteiger partial charge in [0, 0.05) is 37.8 Å². The van der Waals surface area contributed by atoms with Gasteiger partial charge < -0.3 is 14.9 Å². The quantitative estimate of drug-likeness (QED) is 0.878. The Hall–Kier alpha value is -1.55. The monoisotopic (exact) mass is 304 g/mol. The number of rotatable bonds is 6. The Labute approximate surface area is 133 Å². The lowest BCUT2D eigenvalue weighted by Gasteiger charge is -2.33. The van der Waals surface area contributed by atoms with Crippen molar-refractivity contribution in [1.82, 2.24) is 4.90 Å². The van der Waals surface area contributed by atoms with Gasteiger partial charge in [-0.1, -0.05) is 12.1 Å². The molecule has 1 unspecified atom stereocenters. The molecule has 0 aromatic heterocycles. The molecule has 1 amide bonds. The van der Waals surface area contributed by atoms with Crippen LogP contribution in [0, 0.1) is 13.8 Å². The predicted octanol–water partition coefficient (Wildman–Crippen LogP) is 2.50. The van der Waals surface area contributed by atoms with Crippen molar-refractivity contribution in [1.29, 1.82) is 0 Å². The molecule has 1 aliphatic rings. The van der Waals surface area contributed by atoms with Gasteiger partial charge in [-0.25, -0.2) is 0 Å². The van der Waals surface area contributed by atoms with Gasteiger partial charge in [-0.2, -0.15) is 0 Å². The van der Waals surface area contributed by atoms with Crippen LogP contribution in [-0.2, 0) is 4.79 Å². The molecule has 1 saturated heterocycles. The lowest BCUT2D eigenvalue weighted by molar-refractivity contribution is -0.128. The molecule has 4 nitrogen and oxygen atoms in total. The van der Waals surface area contributed by atoms with Gasteiger partial charge >= 0.3 is 0 Å². The van der Waals surface area contributed by atoms with Crippen LogP contribution in [0.15, 0.2) is 18.2 Å². The molecule has 4 heteroatoms. The third-order valence-electron chi connectivity index (χ3n) is 4.31. The number of anilines is 1. The highest BCUT2D eigenvalue weighted by molar-refractivity contribution is 5.78. The summed E-state index contributed by atoms with van der Waals surface area (Å²) >= 11 is 0. The summed E-state index contributed by atoms with van der Waals surface area (Å²) in [4.78, 5) is 15.7. The van der Waals surface area contributed by atoms with E-state index in [1.807, 2.05) is 0 Å². The van der Waals surface area contributed by atoms with Crippen LogP contribution >= 0.6 is 0 Å². The van der Waals surface area contributed by atoms with Crippen LogP contribution in [-0.4, -0.2) is 47.7 Å². The summed E-state index contributed by atoms with van der Waals surface area (Å²) in [6, 6.07) is 6.69. The normalized spacial score (nSPS) is 16.5. The van der Waals surface area contributed by atoms with Gasteiger partial charge in [0.2, 0.25) is 5.91 Å². The minimum Gasteiger partial charge on any atom is -0.389 e. The Morgan fingerprint density at radius 1 is 1.32 bits per heavy atom. The van der Waals surface area contributed by atoms with Gasteiger partial charge in [-0.3, -0.25) is 4.79 Å². The van der Waals surface area contributed by atoms with Crippen LogP contribution in [0.25, 0.3) is 0 Å². The molecular weight excluding hydrogens is 276 g/mol. The fourth-order valence-electron chi connectivity index (χ4n) is 3.05. The number of carbonyl (C=O) groups excluding carboxylic acids is 1. The molecule has 0 spiro atoms. The van der Waals surface area contributed by atoms with E-state index < -0.39 is 6.10 Å². The Morgan fingerprint density at radius 2 is 2.05 bits per heavy atom. The highest BCUT2D eigenvalue weighted by Crippen LogP contribution is 2.24. The van der Waals surface area contributed by atoms with E-state index in [2.05, 4.69) is 50.8 Å². The van der Waals surface area contributed by atoms with Crippen LogP contribution in [0.5, 0.6) is 0 Å². The second kappa shape index (κ2) is 7.14. The number of carbonyl (C=O) groups is 1. The topological polar surface area (TPSA) is 43.8 Å². The lowest BCUT2D eigenvalue weighted by Crippen LogP contribution is -2.43. The van der Waals surface area contributed by atoms with Crippen molar-refractivity contribution in [3.8, 4) is 0 Å². The smallest absolute Gasteiger partial charge is 0.222 e. The molecule has 0 radical (unpaired) electrons. The molecule has 1 aliphatic heterocycles. The maximum absolute atomic E-state index is 11.7. The Kier molecular flexibility index (Phi) is 5.46. The van der Waals surface area contributed by atoms with Gasteiger partial charge in [0.15, 0.2) is 0 Å². The van der Waals surface area contributed by atoms with Crippen molar-refractivity contribution < 1.29 is 9.90 Å². The summed E-state index contributed by atoms with van der Waals surface area (Å²) in [5, 5.41) is 10.4. The minimum atomic E-state index is -0.524. The van der Waals surface area contributed by atoms with E-state index in [4.69, 9.17) is 0 Å². The fraction of sp³-hybridized carbons (Fsp3) is 0.611. The van der Waals surface area contributed by atoms with Crippen LogP contribution in [0.3, 0.4) is 0 Å². The molecule has 0 bridgehead atoms. The molecule has 1 aromatic rings. The number of benzene rings is 1. The van der Waals surface area contributed by atoms with E-state index in [1.54, 1.807) is 4.90 Å².